The second-order valence-corrected chi connectivity index (χ2v) is 1.52. The maximum Gasteiger partial charge on any atom is 0.118 e. The molecular formula is C7H12O3. The zero-order chi connectivity index (χ0) is 5.82. The highest BCUT2D eigenvalue weighted by molar-refractivity contribution is 5.20. The maximum absolute atomic E-state index is 4.91. The summed E-state index contributed by atoms with van der Waals surface area (Å²) in [5.74, 6) is 0.910. The lowest BCUT2D eigenvalue weighted by Crippen LogP contribution is -1.78. The van der Waals surface area contributed by atoms with Crippen LogP contribution in [-0.2, 0) is 0 Å². The molecule has 0 aromatic heterocycles. The first-order chi connectivity index (χ1) is 3.93. The van der Waals surface area contributed by atoms with E-state index in [1.54, 1.807) is 7.11 Å². The summed E-state index contributed by atoms with van der Waals surface area (Å²) in [6, 6.07) is 9.68. The molecule has 0 atom stereocenters. The number of rotatable bonds is 1. The molecule has 0 unspecified atom stereocenters. The third-order valence-corrected chi connectivity index (χ3v) is 0.979. The zero-order valence-corrected chi connectivity index (χ0v) is 5.79. The SMILES string of the molecule is COc1ccccc1.O.O. The smallest absolute Gasteiger partial charge is 0.118 e. The molecule has 0 radical (unpaired) electrons. The summed E-state index contributed by atoms with van der Waals surface area (Å²) in [5.41, 5.74) is 0. The third kappa shape index (κ3) is 3.06. The van der Waals surface area contributed by atoms with Gasteiger partial charge in [0, 0.05) is 0 Å². The van der Waals surface area contributed by atoms with Crippen molar-refractivity contribution in [3.05, 3.63) is 30.3 Å². The molecule has 1 aromatic carbocycles. The molecule has 0 saturated heterocycles. The standard InChI is InChI=1S/C7H8O.2H2O/c1-8-7-5-3-2-4-6-7;;/h2-6H,1H3;2*1H2. The van der Waals surface area contributed by atoms with Crippen LogP contribution in [0.3, 0.4) is 0 Å². The number of hydrogen-bond donors (Lipinski definition) is 0. The number of para-hydroxylation sites is 1. The van der Waals surface area contributed by atoms with Gasteiger partial charge < -0.3 is 15.7 Å². The van der Waals surface area contributed by atoms with Crippen LogP contribution in [0.15, 0.2) is 30.3 Å². The van der Waals surface area contributed by atoms with Crippen LogP contribution in [0.5, 0.6) is 5.75 Å². The molecule has 0 bridgehead atoms. The molecule has 58 valence electrons. The van der Waals surface area contributed by atoms with Crippen molar-refractivity contribution >= 4 is 0 Å². The van der Waals surface area contributed by atoms with Crippen LogP contribution in [0, 0.1) is 0 Å². The first-order valence-corrected chi connectivity index (χ1v) is 2.52. The molecule has 0 aliphatic carbocycles. The Hall–Kier alpha value is -1.06. The van der Waals surface area contributed by atoms with Gasteiger partial charge in [0.25, 0.3) is 0 Å². The lowest BCUT2D eigenvalue weighted by atomic mass is 10.3. The van der Waals surface area contributed by atoms with Gasteiger partial charge in [-0.1, -0.05) is 18.2 Å². The average molecular weight is 144 g/mol. The summed E-state index contributed by atoms with van der Waals surface area (Å²) in [6.45, 7) is 0. The summed E-state index contributed by atoms with van der Waals surface area (Å²) < 4.78 is 4.91. The highest BCUT2D eigenvalue weighted by atomic mass is 16.5. The van der Waals surface area contributed by atoms with E-state index in [2.05, 4.69) is 0 Å². The van der Waals surface area contributed by atoms with Crippen molar-refractivity contribution in [2.45, 2.75) is 0 Å². The molecule has 1 rings (SSSR count). The van der Waals surface area contributed by atoms with Crippen molar-refractivity contribution in [3.63, 3.8) is 0 Å². The topological polar surface area (TPSA) is 72.2 Å². The summed E-state index contributed by atoms with van der Waals surface area (Å²) in [5, 5.41) is 0. The van der Waals surface area contributed by atoms with Gasteiger partial charge in [-0.25, -0.2) is 0 Å². The monoisotopic (exact) mass is 144 g/mol. The van der Waals surface area contributed by atoms with Gasteiger partial charge in [0.05, 0.1) is 7.11 Å². The van der Waals surface area contributed by atoms with E-state index in [1.807, 2.05) is 30.3 Å². The van der Waals surface area contributed by atoms with Gasteiger partial charge in [0.2, 0.25) is 0 Å². The van der Waals surface area contributed by atoms with E-state index in [1.165, 1.54) is 0 Å². The zero-order valence-electron chi connectivity index (χ0n) is 5.79. The predicted octanol–water partition coefficient (Wildman–Crippen LogP) is 0.0458. The van der Waals surface area contributed by atoms with Crippen molar-refractivity contribution in [1.29, 1.82) is 0 Å². The van der Waals surface area contributed by atoms with E-state index < -0.39 is 0 Å². The van der Waals surface area contributed by atoms with Crippen molar-refractivity contribution in [2.24, 2.45) is 0 Å². The van der Waals surface area contributed by atoms with Crippen molar-refractivity contribution in [3.8, 4) is 5.75 Å². The van der Waals surface area contributed by atoms with Gasteiger partial charge in [-0.15, -0.1) is 0 Å². The van der Waals surface area contributed by atoms with E-state index in [4.69, 9.17) is 4.74 Å². The minimum Gasteiger partial charge on any atom is -0.497 e. The Labute approximate surface area is 59.9 Å². The van der Waals surface area contributed by atoms with Gasteiger partial charge in [0.15, 0.2) is 0 Å². The van der Waals surface area contributed by atoms with E-state index in [-0.39, 0.29) is 11.0 Å². The van der Waals surface area contributed by atoms with Crippen LogP contribution in [-0.4, -0.2) is 18.1 Å². The Morgan fingerprint density at radius 3 is 1.80 bits per heavy atom. The molecule has 3 nitrogen and oxygen atoms in total. The van der Waals surface area contributed by atoms with Crippen LogP contribution in [0.2, 0.25) is 0 Å². The van der Waals surface area contributed by atoms with Crippen LogP contribution in [0.1, 0.15) is 0 Å². The Bertz CT molecular complexity index is 150. The number of benzene rings is 1. The van der Waals surface area contributed by atoms with E-state index >= 15 is 0 Å². The van der Waals surface area contributed by atoms with Gasteiger partial charge >= 0.3 is 0 Å². The number of ether oxygens (including phenoxy) is 1. The van der Waals surface area contributed by atoms with Gasteiger partial charge in [-0.3, -0.25) is 0 Å². The number of methoxy groups -OCH3 is 1. The third-order valence-electron chi connectivity index (χ3n) is 0.979. The number of hydrogen-bond acceptors (Lipinski definition) is 1. The van der Waals surface area contributed by atoms with Crippen molar-refractivity contribution < 1.29 is 15.7 Å². The Morgan fingerprint density at radius 2 is 1.50 bits per heavy atom. The van der Waals surface area contributed by atoms with Gasteiger partial charge in [-0.2, -0.15) is 0 Å². The Morgan fingerprint density at radius 1 is 1.00 bits per heavy atom. The minimum absolute atomic E-state index is 0. The fraction of sp³-hybridized carbons (Fsp3) is 0.143. The fourth-order valence-corrected chi connectivity index (χ4v) is 0.557. The lowest BCUT2D eigenvalue weighted by Gasteiger charge is -1.93. The molecule has 1 aromatic rings. The van der Waals surface area contributed by atoms with Crippen LogP contribution >= 0.6 is 0 Å². The molecule has 0 amide bonds. The van der Waals surface area contributed by atoms with Crippen LogP contribution < -0.4 is 4.74 Å². The second-order valence-electron chi connectivity index (χ2n) is 1.52. The summed E-state index contributed by atoms with van der Waals surface area (Å²) in [4.78, 5) is 0. The molecular weight excluding hydrogens is 132 g/mol. The highest BCUT2D eigenvalue weighted by Gasteiger charge is 1.80. The largest absolute Gasteiger partial charge is 0.497 e. The molecule has 3 heteroatoms. The molecule has 0 saturated carbocycles. The lowest BCUT2D eigenvalue weighted by molar-refractivity contribution is 0.415. The van der Waals surface area contributed by atoms with Crippen LogP contribution in [0.4, 0.5) is 0 Å². The average Bonchev–Trinajstić information content (AvgIpc) is 1.90. The normalized spacial score (nSPS) is 6.90. The predicted molar refractivity (Wildman–Crippen MR) is 40.2 cm³/mol. The molecule has 0 spiro atoms. The Balaban J connectivity index is 0. The van der Waals surface area contributed by atoms with Crippen molar-refractivity contribution in [1.82, 2.24) is 0 Å². The van der Waals surface area contributed by atoms with E-state index in [9.17, 15) is 0 Å². The summed E-state index contributed by atoms with van der Waals surface area (Å²) >= 11 is 0. The summed E-state index contributed by atoms with van der Waals surface area (Å²) in [7, 11) is 1.66. The first-order valence-electron chi connectivity index (χ1n) is 2.52. The fourth-order valence-electron chi connectivity index (χ4n) is 0.557. The van der Waals surface area contributed by atoms with Crippen LogP contribution in [0.25, 0.3) is 0 Å². The van der Waals surface area contributed by atoms with Gasteiger partial charge in [-0.05, 0) is 12.1 Å². The minimum atomic E-state index is 0. The first kappa shape index (κ1) is 11.7. The maximum atomic E-state index is 4.91. The highest BCUT2D eigenvalue weighted by Crippen LogP contribution is 2.05. The van der Waals surface area contributed by atoms with Crippen molar-refractivity contribution in [2.75, 3.05) is 7.11 Å². The molecule has 0 heterocycles. The molecule has 0 aliphatic rings. The quantitative estimate of drug-likeness (QED) is 0.548. The molecule has 10 heavy (non-hydrogen) atoms. The molecule has 4 N–H and O–H groups in total. The van der Waals surface area contributed by atoms with E-state index in [0.717, 1.165) is 5.75 Å². The second kappa shape index (κ2) is 6.07. The molecule has 0 fully saturated rings. The molecule has 0 aliphatic heterocycles. The van der Waals surface area contributed by atoms with E-state index in [0.29, 0.717) is 0 Å². The Kier molecular flexibility index (Phi) is 7.10. The summed E-state index contributed by atoms with van der Waals surface area (Å²) in [6.07, 6.45) is 0. The van der Waals surface area contributed by atoms with Gasteiger partial charge in [0.1, 0.15) is 5.75 Å².